The lowest BCUT2D eigenvalue weighted by atomic mass is 10.4. The standard InChI is InChI=1S/C9H8N6O5/c16-8(4-14-2-1-7(13-14)15(19)20)10-6-3-5(9(17)18)11-12-6/h1-3H,4H2,(H,17,18)(H2,10,11,12,16). The highest BCUT2D eigenvalue weighted by molar-refractivity contribution is 5.92. The summed E-state index contributed by atoms with van der Waals surface area (Å²) in [5, 5.41) is 30.8. The van der Waals surface area contributed by atoms with Crippen LogP contribution in [0.5, 0.6) is 0 Å². The topological polar surface area (TPSA) is 156 Å². The van der Waals surface area contributed by atoms with E-state index in [4.69, 9.17) is 5.11 Å². The van der Waals surface area contributed by atoms with E-state index in [2.05, 4.69) is 20.6 Å². The summed E-state index contributed by atoms with van der Waals surface area (Å²) in [6.45, 7) is -0.261. The normalized spacial score (nSPS) is 10.2. The smallest absolute Gasteiger partial charge is 0.389 e. The van der Waals surface area contributed by atoms with E-state index >= 15 is 0 Å². The summed E-state index contributed by atoms with van der Waals surface area (Å²) >= 11 is 0. The van der Waals surface area contributed by atoms with Crippen LogP contribution in [-0.4, -0.2) is 41.9 Å². The number of carboxylic acids is 1. The van der Waals surface area contributed by atoms with E-state index in [-0.39, 0.29) is 23.9 Å². The first kappa shape index (κ1) is 13.2. The average molecular weight is 280 g/mol. The molecule has 0 fully saturated rings. The number of rotatable bonds is 5. The molecule has 2 aromatic rings. The highest BCUT2D eigenvalue weighted by atomic mass is 16.6. The van der Waals surface area contributed by atoms with Crippen LogP contribution in [0, 0.1) is 10.1 Å². The van der Waals surface area contributed by atoms with Crippen LogP contribution in [-0.2, 0) is 11.3 Å². The second-order valence-electron chi connectivity index (χ2n) is 3.65. The number of nitrogens with one attached hydrogen (secondary N) is 2. The Hall–Kier alpha value is -3.24. The van der Waals surface area contributed by atoms with Gasteiger partial charge in [-0.25, -0.2) is 4.79 Å². The van der Waals surface area contributed by atoms with Crippen molar-refractivity contribution in [1.29, 1.82) is 0 Å². The molecule has 0 radical (unpaired) electrons. The van der Waals surface area contributed by atoms with Crippen LogP contribution in [0.15, 0.2) is 18.3 Å². The van der Waals surface area contributed by atoms with E-state index in [0.29, 0.717) is 0 Å². The number of hydrogen-bond donors (Lipinski definition) is 3. The van der Waals surface area contributed by atoms with Crippen molar-refractivity contribution in [3.05, 3.63) is 34.1 Å². The van der Waals surface area contributed by atoms with Crippen LogP contribution < -0.4 is 5.32 Å². The molecule has 0 aromatic carbocycles. The van der Waals surface area contributed by atoms with Crippen molar-refractivity contribution in [2.45, 2.75) is 6.54 Å². The third-order valence-corrected chi connectivity index (χ3v) is 2.20. The number of nitro groups is 1. The fourth-order valence-electron chi connectivity index (χ4n) is 1.36. The Bertz CT molecular complexity index is 618. The summed E-state index contributed by atoms with van der Waals surface area (Å²) < 4.78 is 1.08. The second kappa shape index (κ2) is 5.17. The lowest BCUT2D eigenvalue weighted by Gasteiger charge is -1.98. The minimum atomic E-state index is -1.21. The lowest BCUT2D eigenvalue weighted by Crippen LogP contribution is -2.19. The van der Waals surface area contributed by atoms with Gasteiger partial charge in [-0.05, 0) is 4.92 Å². The Balaban J connectivity index is 1.97. The molecular weight excluding hydrogens is 272 g/mol. The SMILES string of the molecule is O=C(Cn1ccc([N+](=O)[O-])n1)Nc1cc(C(=O)O)[nH]n1. The zero-order chi connectivity index (χ0) is 14.7. The maximum Gasteiger partial charge on any atom is 0.389 e. The number of carbonyl (C=O) groups excluding carboxylic acids is 1. The number of carbonyl (C=O) groups is 2. The number of H-pyrrole nitrogens is 1. The first-order chi connectivity index (χ1) is 9.45. The van der Waals surface area contributed by atoms with Gasteiger partial charge in [-0.3, -0.25) is 9.89 Å². The van der Waals surface area contributed by atoms with Crippen molar-refractivity contribution < 1.29 is 19.6 Å². The van der Waals surface area contributed by atoms with Crippen molar-refractivity contribution in [3.8, 4) is 0 Å². The average Bonchev–Trinajstić information content (AvgIpc) is 2.98. The predicted molar refractivity (Wildman–Crippen MR) is 63.1 cm³/mol. The molecule has 0 unspecified atom stereocenters. The van der Waals surface area contributed by atoms with E-state index in [9.17, 15) is 19.7 Å². The lowest BCUT2D eigenvalue weighted by molar-refractivity contribution is -0.389. The summed E-state index contributed by atoms with van der Waals surface area (Å²) in [6, 6.07) is 2.30. The highest BCUT2D eigenvalue weighted by Crippen LogP contribution is 2.07. The minimum absolute atomic E-state index is 0.0362. The summed E-state index contributed by atoms with van der Waals surface area (Å²) in [5.41, 5.74) is -0.171. The highest BCUT2D eigenvalue weighted by Gasteiger charge is 2.15. The molecule has 2 rings (SSSR count). The van der Waals surface area contributed by atoms with Crippen molar-refractivity contribution in [3.63, 3.8) is 0 Å². The number of anilines is 1. The number of carboxylic acid groups (broad SMARTS) is 1. The molecule has 0 bridgehead atoms. The van der Waals surface area contributed by atoms with Gasteiger partial charge < -0.3 is 20.5 Å². The Morgan fingerprint density at radius 3 is 2.85 bits per heavy atom. The first-order valence-corrected chi connectivity index (χ1v) is 5.22. The molecule has 11 nitrogen and oxygen atoms in total. The number of nitrogens with zero attached hydrogens (tertiary/aromatic N) is 4. The van der Waals surface area contributed by atoms with Gasteiger partial charge in [0.05, 0.1) is 17.4 Å². The van der Waals surface area contributed by atoms with Crippen LogP contribution in [0.1, 0.15) is 10.5 Å². The van der Waals surface area contributed by atoms with E-state index in [1.807, 2.05) is 0 Å². The van der Waals surface area contributed by atoms with E-state index in [0.717, 1.165) is 16.8 Å². The molecule has 104 valence electrons. The number of amides is 1. The third-order valence-electron chi connectivity index (χ3n) is 2.20. The monoisotopic (exact) mass is 280 g/mol. The molecule has 11 heteroatoms. The number of hydrogen-bond acceptors (Lipinski definition) is 6. The molecule has 20 heavy (non-hydrogen) atoms. The largest absolute Gasteiger partial charge is 0.477 e. The van der Waals surface area contributed by atoms with Crippen LogP contribution in [0.2, 0.25) is 0 Å². The van der Waals surface area contributed by atoms with E-state index in [1.165, 1.54) is 6.20 Å². The molecular formula is C9H8N6O5. The minimum Gasteiger partial charge on any atom is -0.477 e. The van der Waals surface area contributed by atoms with Gasteiger partial charge in [0.2, 0.25) is 5.91 Å². The summed E-state index contributed by atoms with van der Waals surface area (Å²) in [7, 11) is 0. The quantitative estimate of drug-likeness (QED) is 0.507. The number of aromatic nitrogens is 4. The fraction of sp³-hybridized carbons (Fsp3) is 0.111. The summed E-state index contributed by atoms with van der Waals surface area (Å²) in [4.78, 5) is 31.9. The Morgan fingerprint density at radius 1 is 1.55 bits per heavy atom. The second-order valence-corrected chi connectivity index (χ2v) is 3.65. The molecule has 0 saturated carbocycles. The molecule has 0 spiro atoms. The van der Waals surface area contributed by atoms with Crippen LogP contribution in [0.4, 0.5) is 11.6 Å². The van der Waals surface area contributed by atoms with Gasteiger partial charge in [0.1, 0.15) is 12.2 Å². The fourth-order valence-corrected chi connectivity index (χ4v) is 1.36. The van der Waals surface area contributed by atoms with E-state index < -0.39 is 16.8 Å². The Morgan fingerprint density at radius 2 is 2.30 bits per heavy atom. The first-order valence-electron chi connectivity index (χ1n) is 5.22. The van der Waals surface area contributed by atoms with Gasteiger partial charge in [-0.2, -0.15) is 9.78 Å². The van der Waals surface area contributed by atoms with Gasteiger partial charge in [0.15, 0.2) is 5.82 Å². The van der Waals surface area contributed by atoms with Gasteiger partial charge in [0.25, 0.3) is 0 Å². The van der Waals surface area contributed by atoms with Crippen LogP contribution >= 0.6 is 0 Å². The molecule has 0 atom stereocenters. The third kappa shape index (κ3) is 2.95. The maximum absolute atomic E-state index is 11.6. The number of aromatic amines is 1. The molecule has 0 aliphatic carbocycles. The molecule has 2 aromatic heterocycles. The molecule has 2 heterocycles. The van der Waals surface area contributed by atoms with Crippen molar-refractivity contribution >= 4 is 23.5 Å². The van der Waals surface area contributed by atoms with Crippen molar-refractivity contribution in [2.24, 2.45) is 0 Å². The van der Waals surface area contributed by atoms with Gasteiger partial charge in [-0.1, -0.05) is 0 Å². The van der Waals surface area contributed by atoms with Crippen molar-refractivity contribution in [1.82, 2.24) is 20.0 Å². The predicted octanol–water partition coefficient (Wildman–Crippen LogP) is -0.149. The summed E-state index contributed by atoms with van der Waals surface area (Å²) in [6.07, 6.45) is 1.28. The maximum atomic E-state index is 11.6. The molecule has 1 amide bonds. The van der Waals surface area contributed by atoms with Crippen LogP contribution in [0.3, 0.4) is 0 Å². The Kier molecular flexibility index (Phi) is 3.41. The van der Waals surface area contributed by atoms with Gasteiger partial charge in [0, 0.05) is 6.07 Å². The van der Waals surface area contributed by atoms with Gasteiger partial charge in [-0.15, -0.1) is 0 Å². The molecule has 0 aliphatic rings. The zero-order valence-corrected chi connectivity index (χ0v) is 9.81. The molecule has 3 N–H and O–H groups in total. The van der Waals surface area contributed by atoms with E-state index in [1.54, 1.807) is 0 Å². The Labute approximate surface area is 110 Å². The van der Waals surface area contributed by atoms with Gasteiger partial charge >= 0.3 is 11.8 Å². The van der Waals surface area contributed by atoms with Crippen molar-refractivity contribution in [2.75, 3.05) is 5.32 Å². The number of aromatic carboxylic acids is 1. The van der Waals surface area contributed by atoms with Crippen LogP contribution in [0.25, 0.3) is 0 Å². The summed E-state index contributed by atoms with van der Waals surface area (Å²) in [5.74, 6) is -2.09. The molecule has 0 aliphatic heterocycles. The molecule has 0 saturated heterocycles. The zero-order valence-electron chi connectivity index (χ0n) is 9.81.